The topological polar surface area (TPSA) is 63.2 Å². The Morgan fingerprint density at radius 3 is 3.08 bits per heavy atom. The summed E-state index contributed by atoms with van der Waals surface area (Å²) in [7, 11) is 0. The number of nitrogens with zero attached hydrogens (tertiary/aromatic N) is 1. The first-order valence-electron chi connectivity index (χ1n) is 8.53. The van der Waals surface area contributed by atoms with E-state index in [9.17, 15) is 18.0 Å². The number of carbonyl (C=O) groups is 1. The smallest absolute Gasteiger partial charge is 0.388 e. The van der Waals surface area contributed by atoms with Crippen molar-refractivity contribution in [2.24, 2.45) is 0 Å². The highest BCUT2D eigenvalue weighted by molar-refractivity contribution is 5.74. The summed E-state index contributed by atoms with van der Waals surface area (Å²) in [4.78, 5) is 15.6. The van der Waals surface area contributed by atoms with Gasteiger partial charge in [-0.3, -0.25) is 0 Å². The summed E-state index contributed by atoms with van der Waals surface area (Å²) in [5.74, 6) is -0.205. The molecule has 1 aliphatic carbocycles. The lowest BCUT2D eigenvalue weighted by Gasteiger charge is -2.20. The number of pyridine rings is 1. The van der Waals surface area contributed by atoms with Crippen LogP contribution in [0.5, 0.6) is 5.88 Å². The molecule has 0 aromatic carbocycles. The molecule has 2 N–H and O–H groups in total. The highest BCUT2D eigenvalue weighted by Gasteiger charge is 2.39. The van der Waals surface area contributed by atoms with E-state index in [1.54, 1.807) is 6.07 Å². The summed E-state index contributed by atoms with van der Waals surface area (Å²) in [6.07, 6.45) is 5.09. The standard InChI is InChI=1S/C17H24F3N3O2.2H2/c1-2-3-6-17(20)7-4-13(10-17)23-16(24)22-11-12-5-8-21-14(9-12)25-15(18)19;;/h5,8-9,13,15H,2-4,6-7,10-11H2,1H3,(H2,22,23,24);2*1H/t13-,17?;;/m1../s1. The van der Waals surface area contributed by atoms with Gasteiger partial charge < -0.3 is 15.4 Å². The molecule has 1 aromatic heterocycles. The Balaban J connectivity index is 0.00000338. The number of rotatable bonds is 8. The molecule has 25 heavy (non-hydrogen) atoms. The van der Waals surface area contributed by atoms with Crippen LogP contribution in [0.2, 0.25) is 0 Å². The zero-order valence-electron chi connectivity index (χ0n) is 14.2. The number of hydrogen-bond acceptors (Lipinski definition) is 3. The van der Waals surface area contributed by atoms with Crippen molar-refractivity contribution < 1.29 is 25.6 Å². The zero-order chi connectivity index (χ0) is 18.3. The molecule has 1 fully saturated rings. The lowest BCUT2D eigenvalue weighted by Crippen LogP contribution is -2.41. The number of urea groups is 1. The Hall–Kier alpha value is -1.99. The van der Waals surface area contributed by atoms with Gasteiger partial charge in [0.15, 0.2) is 0 Å². The van der Waals surface area contributed by atoms with E-state index >= 15 is 0 Å². The third kappa shape index (κ3) is 6.43. The first-order valence-corrected chi connectivity index (χ1v) is 8.53. The van der Waals surface area contributed by atoms with Crippen molar-refractivity contribution in [3.63, 3.8) is 0 Å². The fourth-order valence-corrected chi connectivity index (χ4v) is 3.06. The quantitative estimate of drug-likeness (QED) is 0.718. The molecule has 2 amide bonds. The van der Waals surface area contributed by atoms with Gasteiger partial charge in [0.25, 0.3) is 0 Å². The summed E-state index contributed by atoms with van der Waals surface area (Å²) < 4.78 is 43.1. The van der Waals surface area contributed by atoms with Gasteiger partial charge in [0.05, 0.1) is 0 Å². The van der Waals surface area contributed by atoms with Crippen LogP contribution < -0.4 is 15.4 Å². The Morgan fingerprint density at radius 1 is 1.56 bits per heavy atom. The average Bonchev–Trinajstić information content (AvgIpc) is 2.92. The zero-order valence-corrected chi connectivity index (χ0v) is 14.2. The van der Waals surface area contributed by atoms with Crippen molar-refractivity contribution in [2.75, 3.05) is 0 Å². The highest BCUT2D eigenvalue weighted by atomic mass is 19.3. The van der Waals surface area contributed by atoms with Crippen molar-refractivity contribution in [1.82, 2.24) is 15.6 Å². The Kier molecular flexibility index (Phi) is 6.90. The van der Waals surface area contributed by atoms with Gasteiger partial charge in [0.1, 0.15) is 5.67 Å². The summed E-state index contributed by atoms with van der Waals surface area (Å²) >= 11 is 0. The molecule has 1 aromatic rings. The maximum Gasteiger partial charge on any atom is 0.388 e. The van der Waals surface area contributed by atoms with E-state index in [1.807, 2.05) is 6.92 Å². The van der Waals surface area contributed by atoms with Crippen LogP contribution in [-0.4, -0.2) is 29.3 Å². The van der Waals surface area contributed by atoms with E-state index in [0.29, 0.717) is 31.2 Å². The summed E-state index contributed by atoms with van der Waals surface area (Å²) in [5.41, 5.74) is -0.601. The molecule has 2 rings (SSSR count). The van der Waals surface area contributed by atoms with E-state index in [-0.39, 0.29) is 21.3 Å². The number of aromatic nitrogens is 1. The second kappa shape index (κ2) is 8.92. The predicted molar refractivity (Wildman–Crippen MR) is 91.5 cm³/mol. The molecule has 0 radical (unpaired) electrons. The van der Waals surface area contributed by atoms with Gasteiger partial charge in [-0.2, -0.15) is 8.78 Å². The van der Waals surface area contributed by atoms with E-state index in [1.165, 1.54) is 12.3 Å². The number of ether oxygens (including phenoxy) is 1. The molecule has 0 aliphatic heterocycles. The van der Waals surface area contributed by atoms with Gasteiger partial charge in [-0.1, -0.05) is 19.8 Å². The van der Waals surface area contributed by atoms with E-state index in [0.717, 1.165) is 12.8 Å². The highest BCUT2D eigenvalue weighted by Crippen LogP contribution is 2.37. The van der Waals surface area contributed by atoms with Crippen LogP contribution in [-0.2, 0) is 6.54 Å². The molecule has 1 saturated carbocycles. The van der Waals surface area contributed by atoms with Crippen LogP contribution in [0.15, 0.2) is 18.3 Å². The largest absolute Gasteiger partial charge is 0.417 e. The van der Waals surface area contributed by atoms with Crippen molar-refractivity contribution in [3.05, 3.63) is 23.9 Å². The van der Waals surface area contributed by atoms with E-state index in [2.05, 4.69) is 20.4 Å². The van der Waals surface area contributed by atoms with Gasteiger partial charge >= 0.3 is 12.6 Å². The van der Waals surface area contributed by atoms with Crippen molar-refractivity contribution in [3.8, 4) is 5.88 Å². The SMILES string of the molecule is CCCCC1(F)CC[C@@H](NC(=O)NCc2ccnc(OC(F)F)c2)C1.[HH].[HH]. The number of carbonyl (C=O) groups excluding carboxylic acids is 1. The number of halogens is 3. The van der Waals surface area contributed by atoms with Gasteiger partial charge in [0.2, 0.25) is 5.88 Å². The van der Waals surface area contributed by atoms with Crippen molar-refractivity contribution in [1.29, 1.82) is 0 Å². The van der Waals surface area contributed by atoms with E-state index in [4.69, 9.17) is 0 Å². The summed E-state index contributed by atoms with van der Waals surface area (Å²) in [6.45, 7) is -0.787. The molecule has 1 heterocycles. The molecule has 1 unspecified atom stereocenters. The molecule has 8 heteroatoms. The van der Waals surface area contributed by atoms with Crippen LogP contribution >= 0.6 is 0 Å². The molecule has 1 aliphatic rings. The molecule has 0 bridgehead atoms. The number of amides is 2. The van der Waals surface area contributed by atoms with Crippen LogP contribution in [0.25, 0.3) is 0 Å². The van der Waals surface area contributed by atoms with Gasteiger partial charge in [-0.25, -0.2) is 14.2 Å². The van der Waals surface area contributed by atoms with Gasteiger partial charge in [-0.05, 0) is 30.9 Å². The lowest BCUT2D eigenvalue weighted by atomic mass is 9.97. The summed E-state index contributed by atoms with van der Waals surface area (Å²) in [6, 6.07) is 2.33. The van der Waals surface area contributed by atoms with Crippen molar-refractivity contribution in [2.45, 2.75) is 70.3 Å². The first-order chi connectivity index (χ1) is 11.9. The van der Waals surface area contributed by atoms with Crippen molar-refractivity contribution >= 4 is 6.03 Å². The fraction of sp³-hybridized carbons (Fsp3) is 0.647. The maximum absolute atomic E-state index is 14.5. The lowest BCUT2D eigenvalue weighted by molar-refractivity contribution is -0.0529. The first kappa shape index (κ1) is 19.3. The molecular weight excluding hydrogens is 335 g/mol. The van der Waals surface area contributed by atoms with Crippen LogP contribution in [0.4, 0.5) is 18.0 Å². The van der Waals surface area contributed by atoms with Crippen LogP contribution in [0, 0.1) is 0 Å². The molecule has 144 valence electrons. The Bertz CT molecular complexity index is 584. The normalized spacial score (nSPS) is 22.8. The minimum Gasteiger partial charge on any atom is -0.417 e. The number of alkyl halides is 3. The molecule has 2 atom stereocenters. The minimum absolute atomic E-state index is 0. The molecule has 5 nitrogen and oxygen atoms in total. The third-order valence-corrected chi connectivity index (χ3v) is 4.33. The third-order valence-electron chi connectivity index (χ3n) is 4.33. The maximum atomic E-state index is 14.5. The summed E-state index contributed by atoms with van der Waals surface area (Å²) in [5, 5.41) is 5.40. The van der Waals surface area contributed by atoms with Crippen LogP contribution in [0.3, 0.4) is 0 Å². The predicted octanol–water partition coefficient (Wildman–Crippen LogP) is 4.43. The fourth-order valence-electron chi connectivity index (χ4n) is 3.06. The second-order valence-electron chi connectivity index (χ2n) is 6.40. The Labute approximate surface area is 148 Å². The molecule has 0 spiro atoms. The van der Waals surface area contributed by atoms with E-state index < -0.39 is 18.3 Å². The second-order valence-corrected chi connectivity index (χ2v) is 6.40. The van der Waals surface area contributed by atoms with Gasteiger partial charge in [-0.15, -0.1) is 0 Å². The average molecular weight is 363 g/mol. The molecule has 0 saturated heterocycles. The number of nitrogens with one attached hydrogen (secondary N) is 2. The Morgan fingerprint density at radius 2 is 2.36 bits per heavy atom. The minimum atomic E-state index is -2.95. The van der Waals surface area contributed by atoms with Crippen LogP contribution in [0.1, 0.15) is 53.9 Å². The van der Waals surface area contributed by atoms with Gasteiger partial charge in [0, 0.05) is 34.1 Å². The molecular formula is C17H28F3N3O2. The monoisotopic (exact) mass is 363 g/mol. The number of unbranched alkanes of at least 4 members (excludes halogenated alkanes) is 1. The number of hydrogen-bond donors (Lipinski definition) is 2.